The van der Waals surface area contributed by atoms with E-state index in [9.17, 15) is 9.18 Å². The molecule has 1 aliphatic rings. The van der Waals surface area contributed by atoms with Gasteiger partial charge in [0.25, 0.3) is 0 Å². The molecule has 0 saturated carbocycles. The van der Waals surface area contributed by atoms with E-state index in [0.717, 1.165) is 26.5 Å². The lowest BCUT2D eigenvalue weighted by atomic mass is 10.2. The van der Waals surface area contributed by atoms with Crippen LogP contribution < -0.4 is 0 Å². The molecule has 2 aromatic rings. The largest absolute Gasteiger partial charge is 0.467 e. The first-order valence-corrected chi connectivity index (χ1v) is 8.03. The summed E-state index contributed by atoms with van der Waals surface area (Å²) in [6.07, 6.45) is -0.245. The van der Waals surface area contributed by atoms with Gasteiger partial charge in [-0.15, -0.1) is 5.06 Å². The molecule has 124 valence electrons. The number of imidazole rings is 1. The van der Waals surface area contributed by atoms with Crippen molar-refractivity contribution in [3.05, 3.63) is 41.6 Å². The third kappa shape index (κ3) is 4.48. The van der Waals surface area contributed by atoms with Crippen molar-refractivity contribution in [2.75, 3.05) is 7.05 Å². The van der Waals surface area contributed by atoms with Crippen LogP contribution in [0.15, 0.2) is 34.2 Å². The number of aromatic nitrogens is 2. The van der Waals surface area contributed by atoms with Crippen LogP contribution in [-0.4, -0.2) is 27.8 Å². The summed E-state index contributed by atoms with van der Waals surface area (Å²) < 4.78 is 15.3. The summed E-state index contributed by atoms with van der Waals surface area (Å²) >= 11 is 1.56. The van der Waals surface area contributed by atoms with Crippen molar-refractivity contribution >= 4 is 17.9 Å². The highest BCUT2D eigenvalue weighted by atomic mass is 32.2. The van der Waals surface area contributed by atoms with Crippen LogP contribution in [0, 0.1) is 12.7 Å². The number of halogens is 1. The van der Waals surface area contributed by atoms with E-state index >= 15 is 0 Å². The summed E-state index contributed by atoms with van der Waals surface area (Å²) in [7, 11) is 3.55. The van der Waals surface area contributed by atoms with Crippen LogP contribution in [0.25, 0.3) is 0 Å². The van der Waals surface area contributed by atoms with Gasteiger partial charge in [-0.05, 0) is 31.0 Å². The molecule has 1 saturated heterocycles. The molecule has 5 nitrogen and oxygen atoms in total. The zero-order chi connectivity index (χ0) is 17.1. The molecule has 1 fully saturated rings. The van der Waals surface area contributed by atoms with E-state index in [4.69, 9.17) is 0 Å². The molecule has 23 heavy (non-hydrogen) atoms. The molecule has 2 heterocycles. The quantitative estimate of drug-likeness (QED) is 0.790. The van der Waals surface area contributed by atoms with Gasteiger partial charge in [0.1, 0.15) is 16.7 Å². The van der Waals surface area contributed by atoms with Gasteiger partial charge in [-0.2, -0.15) is 0 Å². The minimum absolute atomic E-state index is 0.204. The zero-order valence-electron chi connectivity index (χ0n) is 13.8. The molecule has 1 aromatic carbocycles. The van der Waals surface area contributed by atoms with Gasteiger partial charge in [0.15, 0.2) is 0 Å². The first-order chi connectivity index (χ1) is 10.8. The smallest absolute Gasteiger partial charge is 0.326 e. The third-order valence-corrected chi connectivity index (χ3v) is 4.45. The van der Waals surface area contributed by atoms with Crippen molar-refractivity contribution in [2.24, 2.45) is 7.05 Å². The van der Waals surface area contributed by atoms with Crippen molar-refractivity contribution < 1.29 is 14.0 Å². The van der Waals surface area contributed by atoms with Gasteiger partial charge in [0, 0.05) is 11.9 Å². The number of hydroxylamine groups is 2. The highest BCUT2D eigenvalue weighted by Gasteiger charge is 2.28. The number of nitrogens with zero attached hydrogens (tertiary/aromatic N) is 3. The molecule has 3 rings (SSSR count). The van der Waals surface area contributed by atoms with Crippen LogP contribution in [0.2, 0.25) is 0 Å². The molecule has 0 radical (unpaired) electrons. The Balaban J connectivity index is 0.000000326. The average molecular weight is 337 g/mol. The Morgan fingerprint density at radius 2 is 1.91 bits per heavy atom. The second-order valence-electron chi connectivity index (χ2n) is 5.48. The highest BCUT2D eigenvalue weighted by Crippen LogP contribution is 2.34. The molecule has 0 spiro atoms. The third-order valence-electron chi connectivity index (χ3n) is 3.29. The lowest BCUT2D eigenvalue weighted by molar-refractivity contribution is 0.227. The predicted octanol–water partition coefficient (Wildman–Crippen LogP) is 4.13. The van der Waals surface area contributed by atoms with Gasteiger partial charge in [0.2, 0.25) is 0 Å². The van der Waals surface area contributed by atoms with E-state index in [0.29, 0.717) is 5.92 Å². The monoisotopic (exact) mass is 337 g/mol. The van der Waals surface area contributed by atoms with Crippen molar-refractivity contribution in [3.8, 4) is 0 Å². The summed E-state index contributed by atoms with van der Waals surface area (Å²) in [6, 6.07) is 6.66. The fourth-order valence-electron chi connectivity index (χ4n) is 1.85. The Bertz CT molecular complexity index is 715. The Labute approximate surface area is 139 Å². The van der Waals surface area contributed by atoms with E-state index in [-0.39, 0.29) is 11.9 Å². The summed E-state index contributed by atoms with van der Waals surface area (Å²) in [5.41, 5.74) is 1.07. The Hall–Kier alpha value is -2.02. The predicted molar refractivity (Wildman–Crippen MR) is 86.8 cm³/mol. The fraction of sp³-hybridized carbons (Fsp3) is 0.375. The Kier molecular flexibility index (Phi) is 5.30. The van der Waals surface area contributed by atoms with Gasteiger partial charge >= 0.3 is 6.09 Å². The van der Waals surface area contributed by atoms with Gasteiger partial charge in [0.05, 0.1) is 12.7 Å². The number of hydrogen-bond acceptors (Lipinski definition) is 4. The van der Waals surface area contributed by atoms with E-state index in [2.05, 4.69) is 28.2 Å². The van der Waals surface area contributed by atoms with Crippen LogP contribution in [0.5, 0.6) is 0 Å². The molecule has 0 atom stereocenters. The van der Waals surface area contributed by atoms with E-state index in [1.807, 2.05) is 20.0 Å². The maximum absolute atomic E-state index is 13.2. The molecule has 1 aliphatic heterocycles. The number of carbonyl (C=O) groups excluding carboxylic acids is 1. The SMILES string of the molecule is CN1OC1=O.Cc1nc(C(C)C)c(Sc2cccc(F)c2)n1C. The summed E-state index contributed by atoms with van der Waals surface area (Å²) in [5.74, 6) is 1.14. The van der Waals surface area contributed by atoms with Crippen molar-refractivity contribution in [2.45, 2.75) is 36.6 Å². The Morgan fingerprint density at radius 1 is 1.30 bits per heavy atom. The standard InChI is InChI=1S/C14H17FN2S.C2H3NO2/c1-9(2)13-14(17(4)10(3)16-13)18-12-7-5-6-11(15)8-12;1-3-2(4)5-3/h5-9H,1-4H3;1H3. The lowest BCUT2D eigenvalue weighted by Crippen LogP contribution is -1.95. The second-order valence-corrected chi connectivity index (χ2v) is 6.54. The van der Waals surface area contributed by atoms with Gasteiger partial charge < -0.3 is 9.40 Å². The Morgan fingerprint density at radius 3 is 2.39 bits per heavy atom. The number of amides is 1. The van der Waals surface area contributed by atoms with Gasteiger partial charge in [-0.25, -0.2) is 14.2 Å². The first-order valence-electron chi connectivity index (χ1n) is 7.22. The number of benzene rings is 1. The molecule has 0 unspecified atom stereocenters. The fourth-order valence-corrected chi connectivity index (χ4v) is 3.05. The average Bonchev–Trinajstić information content (AvgIpc) is 3.05. The number of rotatable bonds is 3. The lowest BCUT2D eigenvalue weighted by Gasteiger charge is -2.08. The minimum atomic E-state index is -0.245. The highest BCUT2D eigenvalue weighted by molar-refractivity contribution is 7.99. The van der Waals surface area contributed by atoms with E-state index in [1.165, 1.54) is 6.07 Å². The number of carbonyl (C=O) groups is 1. The van der Waals surface area contributed by atoms with Crippen LogP contribution in [0.3, 0.4) is 0 Å². The van der Waals surface area contributed by atoms with Crippen molar-refractivity contribution in [1.29, 1.82) is 0 Å². The normalized spacial score (nSPS) is 12.8. The summed E-state index contributed by atoms with van der Waals surface area (Å²) in [6.45, 7) is 6.23. The first kappa shape index (κ1) is 17.3. The van der Waals surface area contributed by atoms with Gasteiger partial charge in [-0.3, -0.25) is 0 Å². The molecule has 1 aromatic heterocycles. The second kappa shape index (κ2) is 7.04. The molecular formula is C16H20FN3O2S. The number of aryl methyl sites for hydroxylation is 1. The van der Waals surface area contributed by atoms with Crippen LogP contribution in [0.4, 0.5) is 9.18 Å². The molecule has 0 aliphatic carbocycles. The topological polar surface area (TPSA) is 50.4 Å². The molecule has 7 heteroatoms. The maximum atomic E-state index is 13.2. The summed E-state index contributed by atoms with van der Waals surface area (Å²) in [5, 5.41) is 2.24. The molecular weight excluding hydrogens is 317 g/mol. The van der Waals surface area contributed by atoms with Crippen LogP contribution in [-0.2, 0) is 11.9 Å². The number of hydrogen-bond donors (Lipinski definition) is 0. The molecule has 1 amide bonds. The molecule has 0 N–H and O–H groups in total. The van der Waals surface area contributed by atoms with Gasteiger partial charge in [-0.1, -0.05) is 31.7 Å². The maximum Gasteiger partial charge on any atom is 0.467 e. The molecule has 0 bridgehead atoms. The van der Waals surface area contributed by atoms with Crippen molar-refractivity contribution in [3.63, 3.8) is 0 Å². The summed E-state index contributed by atoms with van der Waals surface area (Å²) in [4.78, 5) is 19.2. The van der Waals surface area contributed by atoms with Crippen molar-refractivity contribution in [1.82, 2.24) is 14.6 Å². The van der Waals surface area contributed by atoms with Crippen LogP contribution >= 0.6 is 11.8 Å². The van der Waals surface area contributed by atoms with E-state index in [1.54, 1.807) is 30.9 Å². The minimum Gasteiger partial charge on any atom is -0.326 e. The van der Waals surface area contributed by atoms with Crippen LogP contribution in [0.1, 0.15) is 31.3 Å². The van der Waals surface area contributed by atoms with E-state index < -0.39 is 0 Å². The zero-order valence-corrected chi connectivity index (χ0v) is 14.6.